The minimum Gasteiger partial charge on any atom is -0.357 e. The first-order valence-electron chi connectivity index (χ1n) is 10.6. The van der Waals surface area contributed by atoms with Gasteiger partial charge in [0.2, 0.25) is 0 Å². The Morgan fingerprint density at radius 3 is 1.87 bits per heavy atom. The predicted octanol–water partition coefficient (Wildman–Crippen LogP) is 4.64. The molecule has 0 N–H and O–H groups in total. The van der Waals surface area contributed by atoms with E-state index in [-0.39, 0.29) is 0 Å². The zero-order chi connectivity index (χ0) is 21.3. The van der Waals surface area contributed by atoms with Crippen LogP contribution in [0.4, 0.5) is 24.8 Å². The molecule has 0 atom stereocenters. The molecule has 0 amide bonds. The molecule has 0 aliphatic carbocycles. The summed E-state index contributed by atoms with van der Waals surface area (Å²) in [6.45, 7) is 7.68. The molecular formula is C22H28F3N5. The number of hydrogen-bond donors (Lipinski definition) is 0. The molecule has 5 nitrogen and oxygen atoms in total. The Hall–Kier alpha value is -2.38. The van der Waals surface area contributed by atoms with Gasteiger partial charge in [-0.15, -0.1) is 0 Å². The highest BCUT2D eigenvalue weighted by Crippen LogP contribution is 2.35. The molecule has 0 bridgehead atoms. The highest BCUT2D eigenvalue weighted by Gasteiger charge is 2.32. The number of rotatable bonds is 3. The van der Waals surface area contributed by atoms with Crippen LogP contribution in [0.15, 0.2) is 24.4 Å². The van der Waals surface area contributed by atoms with Crippen molar-refractivity contribution >= 4 is 11.6 Å². The molecule has 2 aromatic heterocycles. The Morgan fingerprint density at radius 2 is 1.40 bits per heavy atom. The fourth-order valence-electron chi connectivity index (χ4n) is 4.80. The second-order valence-electron chi connectivity index (χ2n) is 8.47. The summed E-state index contributed by atoms with van der Waals surface area (Å²) < 4.78 is 38.2. The van der Waals surface area contributed by atoms with Gasteiger partial charge in [-0.1, -0.05) is 0 Å². The molecule has 4 heterocycles. The molecule has 0 saturated carbocycles. The third kappa shape index (κ3) is 4.68. The number of alkyl halides is 3. The maximum Gasteiger partial charge on any atom is 0.417 e. The van der Waals surface area contributed by atoms with Crippen LogP contribution in [0, 0.1) is 25.7 Å². The van der Waals surface area contributed by atoms with Gasteiger partial charge in [0, 0.05) is 44.1 Å². The highest BCUT2D eigenvalue weighted by atomic mass is 19.4. The SMILES string of the molecule is Cc1cc(N2CCC(C3CCN(c4ccc(C(F)(F)F)cn4)CC3)CC2)nc(C)n1. The van der Waals surface area contributed by atoms with Crippen LogP contribution in [0.1, 0.15) is 42.8 Å². The maximum atomic E-state index is 12.7. The molecule has 2 fully saturated rings. The van der Waals surface area contributed by atoms with Crippen LogP contribution in [0.3, 0.4) is 0 Å². The minimum atomic E-state index is -4.34. The van der Waals surface area contributed by atoms with Gasteiger partial charge in [0.1, 0.15) is 17.5 Å². The first-order valence-corrected chi connectivity index (χ1v) is 10.6. The lowest BCUT2D eigenvalue weighted by atomic mass is 9.79. The van der Waals surface area contributed by atoms with E-state index in [0.717, 1.165) is 81.5 Å². The van der Waals surface area contributed by atoms with Crippen LogP contribution in [-0.2, 0) is 6.18 Å². The number of pyridine rings is 1. The second-order valence-corrected chi connectivity index (χ2v) is 8.47. The Balaban J connectivity index is 1.29. The van der Waals surface area contributed by atoms with Gasteiger partial charge in [-0.2, -0.15) is 13.2 Å². The second kappa shape index (κ2) is 8.40. The number of halogens is 3. The van der Waals surface area contributed by atoms with Gasteiger partial charge in [-0.3, -0.25) is 0 Å². The third-order valence-corrected chi connectivity index (χ3v) is 6.42. The molecule has 0 aromatic carbocycles. The van der Waals surface area contributed by atoms with E-state index in [0.29, 0.717) is 17.7 Å². The molecule has 2 aromatic rings. The lowest BCUT2D eigenvalue weighted by Gasteiger charge is -2.41. The van der Waals surface area contributed by atoms with Crippen molar-refractivity contribution in [3.8, 4) is 0 Å². The van der Waals surface area contributed by atoms with Crippen LogP contribution < -0.4 is 9.80 Å². The number of anilines is 2. The van der Waals surface area contributed by atoms with Crippen molar-refractivity contribution in [1.29, 1.82) is 0 Å². The normalized spacial score (nSPS) is 19.4. The summed E-state index contributed by atoms with van der Waals surface area (Å²) in [7, 11) is 0. The number of aryl methyl sites for hydroxylation is 2. The van der Waals surface area contributed by atoms with Crippen molar-refractivity contribution in [3.05, 3.63) is 41.5 Å². The lowest BCUT2D eigenvalue weighted by Crippen LogP contribution is -2.41. The Kier molecular flexibility index (Phi) is 5.84. The lowest BCUT2D eigenvalue weighted by molar-refractivity contribution is -0.137. The van der Waals surface area contributed by atoms with Crippen molar-refractivity contribution < 1.29 is 13.2 Å². The highest BCUT2D eigenvalue weighted by molar-refractivity contribution is 5.41. The Morgan fingerprint density at radius 1 is 0.833 bits per heavy atom. The van der Waals surface area contributed by atoms with Crippen LogP contribution in [0.5, 0.6) is 0 Å². The van der Waals surface area contributed by atoms with Crippen LogP contribution >= 0.6 is 0 Å². The number of nitrogens with zero attached hydrogens (tertiary/aromatic N) is 5. The molecule has 30 heavy (non-hydrogen) atoms. The molecular weight excluding hydrogens is 391 g/mol. The van der Waals surface area contributed by atoms with E-state index in [2.05, 4.69) is 30.8 Å². The van der Waals surface area contributed by atoms with Crippen molar-refractivity contribution in [2.45, 2.75) is 45.7 Å². The molecule has 2 aliphatic heterocycles. The fourth-order valence-corrected chi connectivity index (χ4v) is 4.80. The average Bonchev–Trinajstić information content (AvgIpc) is 2.73. The predicted molar refractivity (Wildman–Crippen MR) is 111 cm³/mol. The van der Waals surface area contributed by atoms with E-state index >= 15 is 0 Å². The van der Waals surface area contributed by atoms with E-state index in [4.69, 9.17) is 0 Å². The van der Waals surface area contributed by atoms with Crippen LogP contribution in [0.25, 0.3) is 0 Å². The summed E-state index contributed by atoms with van der Waals surface area (Å²) >= 11 is 0. The van der Waals surface area contributed by atoms with Crippen molar-refractivity contribution in [2.75, 3.05) is 36.0 Å². The van der Waals surface area contributed by atoms with E-state index < -0.39 is 11.7 Å². The van der Waals surface area contributed by atoms with E-state index in [1.807, 2.05) is 13.8 Å². The number of aromatic nitrogens is 3. The zero-order valence-corrected chi connectivity index (χ0v) is 17.5. The van der Waals surface area contributed by atoms with Gasteiger partial charge >= 0.3 is 6.18 Å². The summed E-state index contributed by atoms with van der Waals surface area (Å²) in [5, 5.41) is 0. The van der Waals surface area contributed by atoms with Crippen molar-refractivity contribution in [2.24, 2.45) is 11.8 Å². The summed E-state index contributed by atoms with van der Waals surface area (Å²) in [6.07, 6.45) is 1.05. The van der Waals surface area contributed by atoms with E-state index in [9.17, 15) is 13.2 Å². The number of piperidine rings is 2. The van der Waals surface area contributed by atoms with Gasteiger partial charge in [0.25, 0.3) is 0 Å². The summed E-state index contributed by atoms with van der Waals surface area (Å²) in [4.78, 5) is 17.5. The van der Waals surface area contributed by atoms with E-state index in [1.165, 1.54) is 6.07 Å². The van der Waals surface area contributed by atoms with Gasteiger partial charge in [0.15, 0.2) is 0 Å². The van der Waals surface area contributed by atoms with Crippen LogP contribution in [-0.4, -0.2) is 41.1 Å². The summed E-state index contributed by atoms with van der Waals surface area (Å²) in [5.74, 6) is 3.86. The molecule has 0 radical (unpaired) electrons. The van der Waals surface area contributed by atoms with Crippen molar-refractivity contribution in [3.63, 3.8) is 0 Å². The zero-order valence-electron chi connectivity index (χ0n) is 17.5. The topological polar surface area (TPSA) is 45.2 Å². The first kappa shape index (κ1) is 20.9. The van der Waals surface area contributed by atoms with E-state index in [1.54, 1.807) is 0 Å². The van der Waals surface area contributed by atoms with Crippen LogP contribution in [0.2, 0.25) is 0 Å². The number of hydrogen-bond acceptors (Lipinski definition) is 5. The monoisotopic (exact) mass is 419 g/mol. The Bertz CT molecular complexity index is 832. The maximum absolute atomic E-state index is 12.7. The van der Waals surface area contributed by atoms with Gasteiger partial charge in [-0.25, -0.2) is 15.0 Å². The third-order valence-electron chi connectivity index (χ3n) is 6.42. The minimum absolute atomic E-state index is 0.644. The smallest absolute Gasteiger partial charge is 0.357 e. The Labute approximate surface area is 175 Å². The molecule has 0 spiro atoms. The van der Waals surface area contributed by atoms with Crippen molar-refractivity contribution in [1.82, 2.24) is 15.0 Å². The molecule has 0 unspecified atom stereocenters. The molecule has 8 heteroatoms. The van der Waals surface area contributed by atoms with Gasteiger partial charge < -0.3 is 9.80 Å². The summed E-state index contributed by atoms with van der Waals surface area (Å²) in [6, 6.07) is 4.68. The standard InChI is InChI=1S/C22H28F3N5/c1-15-13-21(28-16(2)27-15)30-11-7-18(8-12-30)17-5-9-29(10-6-17)20-4-3-19(14-26-20)22(23,24)25/h3-4,13-14,17-18H,5-12H2,1-2H3. The molecule has 162 valence electrons. The average molecular weight is 419 g/mol. The fraction of sp³-hybridized carbons (Fsp3) is 0.591. The molecule has 4 rings (SSSR count). The molecule has 2 aliphatic rings. The summed E-state index contributed by atoms with van der Waals surface area (Å²) in [5.41, 5.74) is 0.311. The first-order chi connectivity index (χ1) is 14.3. The largest absolute Gasteiger partial charge is 0.417 e. The molecule has 2 saturated heterocycles. The van der Waals surface area contributed by atoms with Gasteiger partial charge in [0.05, 0.1) is 5.56 Å². The van der Waals surface area contributed by atoms with Gasteiger partial charge in [-0.05, 0) is 63.5 Å². The quantitative estimate of drug-likeness (QED) is 0.725.